The summed E-state index contributed by atoms with van der Waals surface area (Å²) in [6.07, 6.45) is 7.01. The van der Waals surface area contributed by atoms with Crippen molar-refractivity contribution in [1.82, 2.24) is 10.6 Å². The summed E-state index contributed by atoms with van der Waals surface area (Å²) in [7, 11) is 1.64. The smallest absolute Gasteiger partial charge is 0.244 e. The molecule has 2 rings (SSSR count). The van der Waals surface area contributed by atoms with Crippen LogP contribution in [-0.2, 0) is 4.79 Å². The first-order chi connectivity index (χ1) is 9.78. The Labute approximate surface area is 120 Å². The second-order valence-corrected chi connectivity index (χ2v) is 5.00. The monoisotopic (exact) mass is 274 g/mol. The van der Waals surface area contributed by atoms with Crippen LogP contribution in [0.4, 0.5) is 0 Å². The molecule has 0 aliphatic carbocycles. The predicted octanol–water partition coefficient (Wildman–Crippen LogP) is 1.97. The minimum Gasteiger partial charge on any atom is -0.497 e. The fraction of sp³-hybridized carbons (Fsp3) is 0.438. The van der Waals surface area contributed by atoms with Gasteiger partial charge in [0.2, 0.25) is 5.91 Å². The van der Waals surface area contributed by atoms with Gasteiger partial charge in [-0.25, -0.2) is 0 Å². The Hall–Kier alpha value is -1.81. The third kappa shape index (κ3) is 4.70. The van der Waals surface area contributed by atoms with E-state index in [4.69, 9.17) is 4.74 Å². The van der Waals surface area contributed by atoms with Crippen molar-refractivity contribution < 1.29 is 9.53 Å². The first-order valence-electron chi connectivity index (χ1n) is 7.11. The molecule has 0 saturated carbocycles. The Morgan fingerprint density at radius 3 is 2.85 bits per heavy atom. The first kappa shape index (κ1) is 14.6. The highest BCUT2D eigenvalue weighted by molar-refractivity contribution is 5.91. The van der Waals surface area contributed by atoms with E-state index in [1.54, 1.807) is 13.2 Å². The molecule has 1 unspecified atom stereocenters. The summed E-state index contributed by atoms with van der Waals surface area (Å²) in [4.78, 5) is 11.7. The molecule has 1 aliphatic rings. The fourth-order valence-electron chi connectivity index (χ4n) is 2.27. The molecule has 1 amide bonds. The number of amides is 1. The molecule has 108 valence electrons. The molecule has 4 nitrogen and oxygen atoms in total. The number of benzene rings is 1. The number of rotatable bonds is 5. The molecule has 1 saturated heterocycles. The van der Waals surface area contributed by atoms with Crippen molar-refractivity contribution in [2.45, 2.75) is 25.3 Å². The quantitative estimate of drug-likeness (QED) is 0.807. The molecule has 2 N–H and O–H groups in total. The highest BCUT2D eigenvalue weighted by Gasteiger charge is 2.12. The molecule has 1 fully saturated rings. The van der Waals surface area contributed by atoms with Crippen LogP contribution in [0.5, 0.6) is 5.75 Å². The zero-order chi connectivity index (χ0) is 14.2. The summed E-state index contributed by atoms with van der Waals surface area (Å²) in [5, 5.41) is 6.34. The van der Waals surface area contributed by atoms with Crippen molar-refractivity contribution in [3.8, 4) is 5.75 Å². The number of hydrogen-bond acceptors (Lipinski definition) is 3. The predicted molar refractivity (Wildman–Crippen MR) is 80.7 cm³/mol. The number of methoxy groups -OCH3 is 1. The average molecular weight is 274 g/mol. The fourth-order valence-corrected chi connectivity index (χ4v) is 2.27. The maximum Gasteiger partial charge on any atom is 0.244 e. The number of ether oxygens (including phenoxy) is 1. The van der Waals surface area contributed by atoms with Gasteiger partial charge in [-0.3, -0.25) is 4.79 Å². The molecule has 0 radical (unpaired) electrons. The summed E-state index contributed by atoms with van der Waals surface area (Å²) in [5.41, 5.74) is 0.983. The number of piperidine rings is 1. The molecular formula is C16H22N2O2. The lowest BCUT2D eigenvalue weighted by Gasteiger charge is -2.23. The van der Waals surface area contributed by atoms with E-state index in [0.717, 1.165) is 24.3 Å². The van der Waals surface area contributed by atoms with Gasteiger partial charge in [0.15, 0.2) is 0 Å². The SMILES string of the molecule is COc1ccc(C=CC(=O)NCC2CCCCN2)cc1. The van der Waals surface area contributed by atoms with Crippen LogP contribution < -0.4 is 15.4 Å². The van der Waals surface area contributed by atoms with E-state index in [1.807, 2.05) is 30.3 Å². The first-order valence-corrected chi connectivity index (χ1v) is 7.11. The van der Waals surface area contributed by atoms with Crippen LogP contribution >= 0.6 is 0 Å². The van der Waals surface area contributed by atoms with Gasteiger partial charge in [0.05, 0.1) is 7.11 Å². The summed E-state index contributed by atoms with van der Waals surface area (Å²) >= 11 is 0. The van der Waals surface area contributed by atoms with Gasteiger partial charge in [0, 0.05) is 18.7 Å². The number of hydrogen-bond donors (Lipinski definition) is 2. The molecule has 1 aromatic carbocycles. The minimum absolute atomic E-state index is 0.0480. The van der Waals surface area contributed by atoms with Crippen LogP contribution in [0.1, 0.15) is 24.8 Å². The van der Waals surface area contributed by atoms with E-state index in [-0.39, 0.29) is 5.91 Å². The molecule has 1 aliphatic heterocycles. The summed E-state index contributed by atoms with van der Waals surface area (Å²) in [6.45, 7) is 1.76. The average Bonchev–Trinajstić information content (AvgIpc) is 2.52. The molecule has 1 atom stereocenters. The third-order valence-electron chi connectivity index (χ3n) is 3.48. The van der Waals surface area contributed by atoms with E-state index in [0.29, 0.717) is 12.6 Å². The Morgan fingerprint density at radius 2 is 2.20 bits per heavy atom. The Morgan fingerprint density at radius 1 is 1.40 bits per heavy atom. The van der Waals surface area contributed by atoms with Gasteiger partial charge < -0.3 is 15.4 Å². The molecular weight excluding hydrogens is 252 g/mol. The van der Waals surface area contributed by atoms with Crippen LogP contribution in [0.15, 0.2) is 30.3 Å². The van der Waals surface area contributed by atoms with Crippen LogP contribution in [-0.4, -0.2) is 32.1 Å². The molecule has 1 heterocycles. The van der Waals surface area contributed by atoms with Crippen LogP contribution in [0.3, 0.4) is 0 Å². The van der Waals surface area contributed by atoms with E-state index in [9.17, 15) is 4.79 Å². The lowest BCUT2D eigenvalue weighted by atomic mass is 10.1. The lowest BCUT2D eigenvalue weighted by molar-refractivity contribution is -0.116. The molecule has 1 aromatic rings. The van der Waals surface area contributed by atoms with Gasteiger partial charge in [-0.15, -0.1) is 0 Å². The number of carbonyl (C=O) groups is 1. The van der Waals surface area contributed by atoms with Crippen LogP contribution in [0.2, 0.25) is 0 Å². The van der Waals surface area contributed by atoms with E-state index in [1.165, 1.54) is 12.8 Å². The van der Waals surface area contributed by atoms with Gasteiger partial charge >= 0.3 is 0 Å². The van der Waals surface area contributed by atoms with E-state index < -0.39 is 0 Å². The molecule has 0 aromatic heterocycles. The zero-order valence-corrected chi connectivity index (χ0v) is 11.9. The zero-order valence-electron chi connectivity index (χ0n) is 11.9. The summed E-state index contributed by atoms with van der Waals surface area (Å²) in [5.74, 6) is 0.767. The standard InChI is InChI=1S/C16H22N2O2/c1-20-15-8-5-13(6-9-15)7-10-16(19)18-12-14-4-2-3-11-17-14/h5-10,14,17H,2-4,11-12H2,1H3,(H,18,19). The Bertz CT molecular complexity index is 448. The maximum absolute atomic E-state index is 11.7. The van der Waals surface area contributed by atoms with Crippen molar-refractivity contribution in [3.63, 3.8) is 0 Å². The number of nitrogens with one attached hydrogen (secondary N) is 2. The molecule has 0 spiro atoms. The van der Waals surface area contributed by atoms with Gasteiger partial charge in [-0.2, -0.15) is 0 Å². The minimum atomic E-state index is -0.0480. The van der Waals surface area contributed by atoms with E-state index in [2.05, 4.69) is 10.6 Å². The van der Waals surface area contributed by atoms with Crippen molar-refractivity contribution in [3.05, 3.63) is 35.9 Å². The van der Waals surface area contributed by atoms with Crippen molar-refractivity contribution in [2.75, 3.05) is 20.2 Å². The van der Waals surface area contributed by atoms with Crippen LogP contribution in [0, 0.1) is 0 Å². The summed E-state index contributed by atoms with van der Waals surface area (Å²) < 4.78 is 5.09. The molecule has 0 bridgehead atoms. The number of carbonyl (C=O) groups excluding carboxylic acids is 1. The van der Waals surface area contributed by atoms with Crippen molar-refractivity contribution in [2.24, 2.45) is 0 Å². The van der Waals surface area contributed by atoms with Gasteiger partial charge in [-0.1, -0.05) is 18.6 Å². The lowest BCUT2D eigenvalue weighted by Crippen LogP contribution is -2.43. The van der Waals surface area contributed by atoms with Crippen molar-refractivity contribution >= 4 is 12.0 Å². The topological polar surface area (TPSA) is 50.4 Å². The Kier molecular flexibility index (Phi) is 5.62. The van der Waals surface area contributed by atoms with Crippen LogP contribution in [0.25, 0.3) is 6.08 Å². The van der Waals surface area contributed by atoms with E-state index >= 15 is 0 Å². The molecule has 4 heteroatoms. The van der Waals surface area contributed by atoms with Gasteiger partial charge in [0.1, 0.15) is 5.75 Å². The van der Waals surface area contributed by atoms with Crippen molar-refractivity contribution in [1.29, 1.82) is 0 Å². The van der Waals surface area contributed by atoms with Gasteiger partial charge in [0.25, 0.3) is 0 Å². The second kappa shape index (κ2) is 7.70. The highest BCUT2D eigenvalue weighted by atomic mass is 16.5. The highest BCUT2D eigenvalue weighted by Crippen LogP contribution is 2.12. The van der Waals surface area contributed by atoms with Gasteiger partial charge in [-0.05, 0) is 43.2 Å². The normalized spacial score (nSPS) is 18.9. The Balaban J connectivity index is 1.76. The maximum atomic E-state index is 11.7. The third-order valence-corrected chi connectivity index (χ3v) is 3.48. The molecule has 20 heavy (non-hydrogen) atoms. The summed E-state index contributed by atoms with van der Waals surface area (Å²) in [6, 6.07) is 8.02. The second-order valence-electron chi connectivity index (χ2n) is 5.00. The largest absolute Gasteiger partial charge is 0.497 e.